The summed E-state index contributed by atoms with van der Waals surface area (Å²) in [4.78, 5) is 15.1. The van der Waals surface area contributed by atoms with Gasteiger partial charge in [-0.05, 0) is 12.1 Å². The van der Waals surface area contributed by atoms with Crippen LogP contribution in [0.15, 0.2) is 18.3 Å². The van der Waals surface area contributed by atoms with E-state index < -0.39 is 5.97 Å². The van der Waals surface area contributed by atoms with E-state index in [9.17, 15) is 4.79 Å². The van der Waals surface area contributed by atoms with Crippen LogP contribution in [-0.2, 0) is 4.74 Å². The number of hydrogen-bond donors (Lipinski definition) is 0. The molecule has 0 aliphatic carbocycles. The fourth-order valence-electron chi connectivity index (χ4n) is 0.944. The van der Waals surface area contributed by atoms with Gasteiger partial charge in [-0.1, -0.05) is 11.8 Å². The van der Waals surface area contributed by atoms with Crippen LogP contribution in [0.2, 0.25) is 0 Å². The molecule has 74 valence electrons. The fraction of sp³-hybridized carbons (Fsp3) is 0.182. The lowest BCUT2D eigenvalue weighted by atomic mass is 10.2. The number of rotatable bonds is 1. The van der Waals surface area contributed by atoms with Crippen molar-refractivity contribution in [1.82, 2.24) is 4.98 Å². The van der Waals surface area contributed by atoms with Crippen molar-refractivity contribution in [1.29, 1.82) is 5.26 Å². The van der Waals surface area contributed by atoms with Crippen molar-refractivity contribution in [3.63, 3.8) is 0 Å². The second kappa shape index (κ2) is 5.41. The molecule has 0 radical (unpaired) electrons. The lowest BCUT2D eigenvalue weighted by molar-refractivity contribution is 0.0593. The minimum absolute atomic E-state index is 0.121. The smallest absolute Gasteiger partial charge is 0.357 e. The van der Waals surface area contributed by atoms with Gasteiger partial charge in [-0.15, -0.1) is 0 Å². The van der Waals surface area contributed by atoms with Crippen LogP contribution in [-0.4, -0.2) is 18.1 Å². The summed E-state index contributed by atoms with van der Waals surface area (Å²) in [6.45, 7) is 0. The molecule has 0 amide bonds. The van der Waals surface area contributed by atoms with E-state index in [4.69, 9.17) is 5.26 Å². The van der Waals surface area contributed by atoms with Crippen LogP contribution in [0.25, 0.3) is 0 Å². The second-order valence-electron chi connectivity index (χ2n) is 2.53. The molecule has 1 aromatic rings. The Morgan fingerprint density at radius 3 is 3.13 bits per heavy atom. The first-order valence-electron chi connectivity index (χ1n) is 4.18. The van der Waals surface area contributed by atoms with Crippen molar-refractivity contribution in [3.8, 4) is 17.9 Å². The molecule has 0 atom stereocenters. The van der Waals surface area contributed by atoms with E-state index >= 15 is 0 Å². The molecule has 0 N–H and O–H groups in total. The normalized spacial score (nSPS) is 8.27. The maximum absolute atomic E-state index is 11.2. The molecule has 0 aliphatic heterocycles. The predicted octanol–water partition coefficient (Wildman–Crippen LogP) is 1.13. The number of carbonyl (C=O) groups excluding carboxylic acids is 1. The van der Waals surface area contributed by atoms with Crippen LogP contribution in [0.5, 0.6) is 0 Å². The van der Waals surface area contributed by atoms with E-state index in [1.807, 2.05) is 6.07 Å². The minimum Gasteiger partial charge on any atom is -0.464 e. The molecule has 4 heteroatoms. The maximum Gasteiger partial charge on any atom is 0.357 e. The number of ether oxygens (including phenoxy) is 1. The van der Waals surface area contributed by atoms with E-state index in [0.717, 1.165) is 0 Å². The van der Waals surface area contributed by atoms with Crippen molar-refractivity contribution in [3.05, 3.63) is 29.6 Å². The van der Waals surface area contributed by atoms with Gasteiger partial charge in [0.2, 0.25) is 0 Å². The van der Waals surface area contributed by atoms with Crippen LogP contribution in [0.4, 0.5) is 0 Å². The Bertz CT molecular complexity index is 463. The summed E-state index contributed by atoms with van der Waals surface area (Å²) in [5, 5.41) is 8.31. The number of methoxy groups -OCH3 is 1. The summed E-state index contributed by atoms with van der Waals surface area (Å²) < 4.78 is 4.55. The minimum atomic E-state index is -0.531. The molecule has 0 bridgehead atoms. The highest BCUT2D eigenvalue weighted by Crippen LogP contribution is 2.04. The van der Waals surface area contributed by atoms with Gasteiger partial charge in [0.15, 0.2) is 5.69 Å². The number of hydrogen-bond acceptors (Lipinski definition) is 4. The summed E-state index contributed by atoms with van der Waals surface area (Å²) in [6.07, 6.45) is 1.61. The van der Waals surface area contributed by atoms with Crippen molar-refractivity contribution < 1.29 is 9.53 Å². The highest BCUT2D eigenvalue weighted by atomic mass is 16.5. The molecule has 1 aromatic heterocycles. The highest BCUT2D eigenvalue weighted by Gasteiger charge is 2.10. The molecule has 15 heavy (non-hydrogen) atoms. The largest absolute Gasteiger partial charge is 0.464 e. The fourth-order valence-corrected chi connectivity index (χ4v) is 0.944. The molecule has 1 rings (SSSR count). The third-order valence-corrected chi connectivity index (χ3v) is 1.58. The molecule has 0 saturated carbocycles. The zero-order chi connectivity index (χ0) is 11.1. The quantitative estimate of drug-likeness (QED) is 0.503. The molecule has 0 fully saturated rings. The molecule has 0 aromatic carbocycles. The number of carbonyl (C=O) groups is 1. The Labute approximate surface area is 87.5 Å². The van der Waals surface area contributed by atoms with Gasteiger partial charge in [-0.3, -0.25) is 0 Å². The van der Waals surface area contributed by atoms with E-state index in [-0.39, 0.29) is 12.1 Å². The number of esters is 1. The first-order valence-corrected chi connectivity index (χ1v) is 4.18. The molecule has 0 aliphatic rings. The molecule has 0 spiro atoms. The van der Waals surface area contributed by atoms with E-state index in [1.165, 1.54) is 13.3 Å². The second-order valence-corrected chi connectivity index (χ2v) is 2.53. The van der Waals surface area contributed by atoms with E-state index in [2.05, 4.69) is 21.6 Å². The monoisotopic (exact) mass is 200 g/mol. The van der Waals surface area contributed by atoms with Gasteiger partial charge >= 0.3 is 5.97 Å². The standard InChI is InChI=1S/C11H8N2O2/c1-15-11(14)10-9(5-2-3-7-12)6-4-8-13-10/h4,6,8H,3H2,1H3. The topological polar surface area (TPSA) is 63.0 Å². The molecular formula is C11H8N2O2. The molecular weight excluding hydrogens is 192 g/mol. The lowest BCUT2D eigenvalue weighted by Gasteiger charge is -1.99. The van der Waals surface area contributed by atoms with Crippen LogP contribution in [0, 0.1) is 23.2 Å². The predicted molar refractivity (Wildman–Crippen MR) is 52.7 cm³/mol. The van der Waals surface area contributed by atoms with Crippen molar-refractivity contribution >= 4 is 5.97 Å². The summed E-state index contributed by atoms with van der Waals surface area (Å²) in [7, 11) is 1.28. The van der Waals surface area contributed by atoms with Gasteiger partial charge in [0.05, 0.1) is 25.2 Å². The Morgan fingerprint density at radius 1 is 1.67 bits per heavy atom. The third kappa shape index (κ3) is 2.82. The SMILES string of the molecule is COC(=O)c1ncccc1C#CCC#N. The van der Waals surface area contributed by atoms with Crippen LogP contribution < -0.4 is 0 Å². The molecule has 4 nitrogen and oxygen atoms in total. The lowest BCUT2D eigenvalue weighted by Crippen LogP contribution is -2.06. The number of pyridine rings is 1. The Morgan fingerprint density at radius 2 is 2.47 bits per heavy atom. The summed E-state index contributed by atoms with van der Waals surface area (Å²) in [6, 6.07) is 5.22. The number of nitriles is 1. The van der Waals surface area contributed by atoms with E-state index in [0.29, 0.717) is 5.56 Å². The number of aromatic nitrogens is 1. The van der Waals surface area contributed by atoms with Gasteiger partial charge < -0.3 is 4.74 Å². The average Bonchev–Trinajstić information content (AvgIpc) is 2.29. The zero-order valence-electron chi connectivity index (χ0n) is 8.15. The van der Waals surface area contributed by atoms with Crippen LogP contribution >= 0.6 is 0 Å². The van der Waals surface area contributed by atoms with Gasteiger partial charge in [-0.25, -0.2) is 9.78 Å². The van der Waals surface area contributed by atoms with Crippen LogP contribution in [0.1, 0.15) is 22.5 Å². The van der Waals surface area contributed by atoms with Gasteiger partial charge in [-0.2, -0.15) is 5.26 Å². The van der Waals surface area contributed by atoms with E-state index in [1.54, 1.807) is 12.1 Å². The molecule has 0 saturated heterocycles. The number of nitrogens with zero attached hydrogens (tertiary/aromatic N) is 2. The Balaban J connectivity index is 3.04. The summed E-state index contributed by atoms with van der Waals surface area (Å²) in [5.41, 5.74) is 0.644. The zero-order valence-corrected chi connectivity index (χ0v) is 8.15. The van der Waals surface area contributed by atoms with Crippen molar-refractivity contribution in [2.45, 2.75) is 6.42 Å². The van der Waals surface area contributed by atoms with Crippen molar-refractivity contribution in [2.75, 3.05) is 7.11 Å². The Kier molecular flexibility index (Phi) is 3.88. The first-order chi connectivity index (χ1) is 7.29. The third-order valence-electron chi connectivity index (χ3n) is 1.58. The highest BCUT2D eigenvalue weighted by molar-refractivity contribution is 5.89. The molecule has 1 heterocycles. The summed E-state index contributed by atoms with van der Waals surface area (Å²) >= 11 is 0. The van der Waals surface area contributed by atoms with Gasteiger partial charge in [0.25, 0.3) is 0 Å². The maximum atomic E-state index is 11.2. The average molecular weight is 200 g/mol. The van der Waals surface area contributed by atoms with Gasteiger partial charge in [0.1, 0.15) is 0 Å². The van der Waals surface area contributed by atoms with Crippen LogP contribution in [0.3, 0.4) is 0 Å². The summed E-state index contributed by atoms with van der Waals surface area (Å²) in [5.74, 6) is 4.77. The molecule has 0 unspecified atom stereocenters. The van der Waals surface area contributed by atoms with Gasteiger partial charge in [0, 0.05) is 6.20 Å². The van der Waals surface area contributed by atoms with Crippen molar-refractivity contribution in [2.24, 2.45) is 0 Å². The first kappa shape index (κ1) is 10.7. The Hall–Kier alpha value is -2.33.